The first kappa shape index (κ1) is 12.7. The highest BCUT2D eigenvalue weighted by atomic mass is 16.2. The monoisotopic (exact) mass is 262 g/mol. The van der Waals surface area contributed by atoms with Crippen molar-refractivity contribution in [1.82, 2.24) is 20.0 Å². The Hall–Kier alpha value is -1.36. The zero-order chi connectivity index (χ0) is 13.6. The minimum absolute atomic E-state index is 0.0509. The van der Waals surface area contributed by atoms with Gasteiger partial charge in [0.25, 0.3) is 5.91 Å². The molecule has 0 saturated carbocycles. The number of aromatic nitrogens is 2. The second-order valence-electron chi connectivity index (χ2n) is 5.97. The van der Waals surface area contributed by atoms with Gasteiger partial charge in [-0.1, -0.05) is 0 Å². The first-order chi connectivity index (χ1) is 9.04. The Morgan fingerprint density at radius 2 is 2.05 bits per heavy atom. The topological polar surface area (TPSA) is 50.2 Å². The maximum atomic E-state index is 12.5. The van der Waals surface area contributed by atoms with Crippen LogP contribution in [0.3, 0.4) is 0 Å². The van der Waals surface area contributed by atoms with Crippen LogP contribution in [0.2, 0.25) is 0 Å². The number of aryl methyl sites for hydroxylation is 2. The van der Waals surface area contributed by atoms with Crippen LogP contribution in [-0.4, -0.2) is 45.8 Å². The molecule has 1 amide bonds. The Morgan fingerprint density at radius 1 is 1.42 bits per heavy atom. The molecule has 1 N–H and O–H groups in total. The molecule has 19 heavy (non-hydrogen) atoms. The smallest absolute Gasteiger partial charge is 0.274 e. The Bertz CT molecular complexity index is 464. The molecule has 1 aromatic heterocycles. The summed E-state index contributed by atoms with van der Waals surface area (Å²) in [6, 6.07) is 3.43. The van der Waals surface area contributed by atoms with E-state index >= 15 is 0 Å². The maximum absolute atomic E-state index is 12.5. The van der Waals surface area contributed by atoms with Crippen molar-refractivity contribution in [3.05, 3.63) is 17.5 Å². The van der Waals surface area contributed by atoms with Gasteiger partial charge in [-0.2, -0.15) is 5.10 Å². The first-order valence-electron chi connectivity index (χ1n) is 7.08. The predicted octanol–water partition coefficient (Wildman–Crippen LogP) is 1.08. The third kappa shape index (κ3) is 2.27. The molecule has 0 spiro atoms. The maximum Gasteiger partial charge on any atom is 0.274 e. The summed E-state index contributed by atoms with van der Waals surface area (Å²) in [5.41, 5.74) is 1.58. The summed E-state index contributed by atoms with van der Waals surface area (Å²) in [4.78, 5) is 14.4. The molecule has 0 aromatic carbocycles. The van der Waals surface area contributed by atoms with Crippen molar-refractivity contribution in [2.75, 3.05) is 7.05 Å². The summed E-state index contributed by atoms with van der Waals surface area (Å²) in [7, 11) is 3.79. The van der Waals surface area contributed by atoms with E-state index < -0.39 is 0 Å². The summed E-state index contributed by atoms with van der Waals surface area (Å²) in [5, 5.41) is 7.90. The molecule has 2 unspecified atom stereocenters. The molecule has 3 rings (SSSR count). The van der Waals surface area contributed by atoms with Gasteiger partial charge >= 0.3 is 0 Å². The molecule has 0 aliphatic carbocycles. The van der Waals surface area contributed by atoms with E-state index in [0.717, 1.165) is 18.5 Å². The summed E-state index contributed by atoms with van der Waals surface area (Å²) >= 11 is 0. The fourth-order valence-corrected chi connectivity index (χ4v) is 3.36. The number of nitrogens with zero attached hydrogens (tertiary/aromatic N) is 3. The van der Waals surface area contributed by atoms with Crippen LogP contribution in [0, 0.1) is 6.92 Å². The fourth-order valence-electron chi connectivity index (χ4n) is 3.36. The molecule has 0 radical (unpaired) electrons. The predicted molar refractivity (Wildman–Crippen MR) is 73.0 cm³/mol. The lowest BCUT2D eigenvalue weighted by Crippen LogP contribution is -2.48. The van der Waals surface area contributed by atoms with Crippen molar-refractivity contribution in [2.24, 2.45) is 7.05 Å². The van der Waals surface area contributed by atoms with E-state index in [9.17, 15) is 4.79 Å². The zero-order valence-electron chi connectivity index (χ0n) is 11.9. The van der Waals surface area contributed by atoms with Gasteiger partial charge in [0.2, 0.25) is 0 Å². The fraction of sp³-hybridized carbons (Fsp3) is 0.714. The van der Waals surface area contributed by atoms with Crippen LogP contribution in [0.1, 0.15) is 41.9 Å². The highest BCUT2D eigenvalue weighted by Gasteiger charge is 2.36. The number of hydrogen-bond acceptors (Lipinski definition) is 3. The number of rotatable bonds is 2. The van der Waals surface area contributed by atoms with E-state index in [1.54, 1.807) is 4.68 Å². The summed E-state index contributed by atoms with van der Waals surface area (Å²) < 4.78 is 1.76. The zero-order valence-corrected chi connectivity index (χ0v) is 11.9. The third-order valence-corrected chi connectivity index (χ3v) is 4.65. The Balaban J connectivity index is 1.73. The standard InChI is InChI=1S/C14H22N4O/c1-9-6-13(16-18(9)3)14(19)17(2)12-7-10-4-5-11(8-12)15-10/h6,10-12,15H,4-5,7-8H2,1-3H3. The quantitative estimate of drug-likeness (QED) is 0.868. The lowest BCUT2D eigenvalue weighted by atomic mass is 9.98. The Morgan fingerprint density at radius 3 is 2.58 bits per heavy atom. The number of amides is 1. The van der Waals surface area contributed by atoms with E-state index in [1.165, 1.54) is 12.8 Å². The van der Waals surface area contributed by atoms with Gasteiger partial charge in [0.05, 0.1) is 0 Å². The van der Waals surface area contributed by atoms with Gasteiger partial charge in [0, 0.05) is 37.9 Å². The van der Waals surface area contributed by atoms with Gasteiger partial charge in [0.1, 0.15) is 0 Å². The molecule has 2 fully saturated rings. The minimum atomic E-state index is 0.0509. The number of carbonyl (C=O) groups excluding carboxylic acids is 1. The van der Waals surface area contributed by atoms with Gasteiger partial charge in [-0.05, 0) is 38.7 Å². The van der Waals surface area contributed by atoms with E-state index in [2.05, 4.69) is 10.4 Å². The van der Waals surface area contributed by atoms with Gasteiger partial charge in [-0.25, -0.2) is 0 Å². The first-order valence-corrected chi connectivity index (χ1v) is 7.08. The highest BCUT2D eigenvalue weighted by Crippen LogP contribution is 2.29. The van der Waals surface area contributed by atoms with Crippen molar-refractivity contribution in [3.8, 4) is 0 Å². The SMILES string of the molecule is Cc1cc(C(=O)N(C)C2CC3CCC(C2)N3)nn1C. The molecule has 2 saturated heterocycles. The molecule has 2 atom stereocenters. The van der Waals surface area contributed by atoms with E-state index in [1.807, 2.05) is 32.0 Å². The van der Waals surface area contributed by atoms with Crippen LogP contribution in [0.5, 0.6) is 0 Å². The number of carbonyl (C=O) groups is 1. The number of hydrogen-bond donors (Lipinski definition) is 1. The molecule has 2 aliphatic rings. The highest BCUT2D eigenvalue weighted by molar-refractivity contribution is 5.92. The van der Waals surface area contributed by atoms with Crippen LogP contribution < -0.4 is 5.32 Å². The van der Waals surface area contributed by atoms with Gasteiger partial charge in [-0.3, -0.25) is 9.48 Å². The molecule has 104 valence electrons. The Kier molecular flexibility index (Phi) is 3.09. The second-order valence-corrected chi connectivity index (χ2v) is 5.97. The number of nitrogens with one attached hydrogen (secondary N) is 1. The molecule has 5 nitrogen and oxygen atoms in total. The van der Waals surface area contributed by atoms with E-state index in [0.29, 0.717) is 23.8 Å². The van der Waals surface area contributed by atoms with E-state index in [4.69, 9.17) is 0 Å². The molecule has 5 heteroatoms. The lowest BCUT2D eigenvalue weighted by Gasteiger charge is -2.35. The molecular formula is C14H22N4O. The van der Waals surface area contributed by atoms with Crippen LogP contribution in [0.15, 0.2) is 6.07 Å². The van der Waals surface area contributed by atoms with Crippen LogP contribution >= 0.6 is 0 Å². The molecule has 1 aromatic rings. The molecule has 2 bridgehead atoms. The van der Waals surface area contributed by atoms with Gasteiger partial charge in [0.15, 0.2) is 5.69 Å². The second kappa shape index (κ2) is 4.63. The van der Waals surface area contributed by atoms with Crippen molar-refractivity contribution < 1.29 is 4.79 Å². The summed E-state index contributed by atoms with van der Waals surface area (Å²) in [6.07, 6.45) is 4.66. The number of piperidine rings is 1. The third-order valence-electron chi connectivity index (χ3n) is 4.65. The lowest BCUT2D eigenvalue weighted by molar-refractivity contribution is 0.0675. The van der Waals surface area contributed by atoms with Crippen molar-refractivity contribution in [2.45, 2.75) is 50.7 Å². The van der Waals surface area contributed by atoms with Crippen LogP contribution in [0.25, 0.3) is 0 Å². The van der Waals surface area contributed by atoms with Crippen molar-refractivity contribution in [3.63, 3.8) is 0 Å². The van der Waals surface area contributed by atoms with E-state index in [-0.39, 0.29) is 5.91 Å². The minimum Gasteiger partial charge on any atom is -0.337 e. The largest absolute Gasteiger partial charge is 0.337 e. The van der Waals surface area contributed by atoms with Gasteiger partial charge in [-0.15, -0.1) is 0 Å². The summed E-state index contributed by atoms with van der Waals surface area (Å²) in [6.45, 7) is 1.97. The normalized spacial score (nSPS) is 29.5. The molecule has 3 heterocycles. The van der Waals surface area contributed by atoms with Gasteiger partial charge < -0.3 is 10.2 Å². The number of fused-ring (bicyclic) bond motifs is 2. The van der Waals surface area contributed by atoms with Crippen molar-refractivity contribution >= 4 is 5.91 Å². The Labute approximate surface area is 114 Å². The summed E-state index contributed by atoms with van der Waals surface area (Å²) in [5.74, 6) is 0.0509. The molecular weight excluding hydrogens is 240 g/mol. The van der Waals surface area contributed by atoms with Crippen molar-refractivity contribution in [1.29, 1.82) is 0 Å². The van der Waals surface area contributed by atoms with Crippen LogP contribution in [0.4, 0.5) is 0 Å². The molecule has 2 aliphatic heterocycles. The average Bonchev–Trinajstić information content (AvgIpc) is 2.91. The van der Waals surface area contributed by atoms with Crippen LogP contribution in [-0.2, 0) is 7.05 Å². The average molecular weight is 262 g/mol.